The van der Waals surface area contributed by atoms with Gasteiger partial charge in [-0.15, -0.1) is 0 Å². The third kappa shape index (κ3) is 5.12. The summed E-state index contributed by atoms with van der Waals surface area (Å²) < 4.78 is 9.31. The Bertz CT molecular complexity index is 1090. The molecule has 4 rings (SSSR count). The molecule has 1 N–H and O–H groups in total. The zero-order valence-electron chi connectivity index (χ0n) is 17.4. The molecule has 0 radical (unpaired) electrons. The van der Waals surface area contributed by atoms with E-state index in [-0.39, 0.29) is 12.5 Å². The Balaban J connectivity index is 1.55. The van der Waals surface area contributed by atoms with Gasteiger partial charge in [-0.25, -0.2) is 9.78 Å². The number of nitrogens with one attached hydrogen (secondary N) is 1. The molecule has 1 aromatic heterocycles. The molecule has 1 aliphatic carbocycles. The molecule has 31 heavy (non-hydrogen) atoms. The van der Waals surface area contributed by atoms with E-state index in [0.717, 1.165) is 29.7 Å². The SMILES string of the molecule is COC(=O)OC/C=C/CN(Cc1ccccc1)C(=O)c1cccc2[nH]c(C3CC3)nc12. The predicted molar refractivity (Wildman–Crippen MR) is 117 cm³/mol. The standard InChI is InChI=1S/C24H25N3O4/c1-30-24(29)31-15-6-5-14-27(16-17-8-3-2-4-9-17)23(28)19-10-7-11-20-21(19)26-22(25-20)18-12-13-18/h2-11,18H,12-16H2,1H3,(H,25,26)/b6-5+. The predicted octanol–water partition coefficient (Wildman–Crippen LogP) is 4.42. The highest BCUT2D eigenvalue weighted by molar-refractivity contribution is 6.05. The molecule has 2 aromatic carbocycles. The number of H-pyrrole nitrogens is 1. The third-order valence-electron chi connectivity index (χ3n) is 5.19. The Morgan fingerprint density at radius 1 is 1.13 bits per heavy atom. The van der Waals surface area contributed by atoms with Crippen molar-refractivity contribution in [3.05, 3.63) is 77.6 Å². The third-order valence-corrected chi connectivity index (χ3v) is 5.19. The van der Waals surface area contributed by atoms with Crippen molar-refractivity contribution >= 4 is 23.1 Å². The Labute approximate surface area is 180 Å². The average molecular weight is 419 g/mol. The highest BCUT2D eigenvalue weighted by Gasteiger charge is 2.28. The van der Waals surface area contributed by atoms with Gasteiger partial charge in [0.1, 0.15) is 17.9 Å². The molecule has 0 aliphatic heterocycles. The van der Waals surface area contributed by atoms with Crippen molar-refractivity contribution in [2.75, 3.05) is 20.3 Å². The molecule has 0 saturated heterocycles. The van der Waals surface area contributed by atoms with Gasteiger partial charge in [-0.05, 0) is 36.6 Å². The molecule has 0 unspecified atom stereocenters. The molecule has 1 amide bonds. The number of benzene rings is 2. The Morgan fingerprint density at radius 2 is 1.94 bits per heavy atom. The van der Waals surface area contributed by atoms with Crippen LogP contribution >= 0.6 is 0 Å². The minimum atomic E-state index is -0.737. The van der Waals surface area contributed by atoms with Crippen LogP contribution in [0.25, 0.3) is 11.0 Å². The summed E-state index contributed by atoms with van der Waals surface area (Å²) in [6.45, 7) is 0.909. The van der Waals surface area contributed by atoms with Gasteiger partial charge in [0, 0.05) is 19.0 Å². The van der Waals surface area contributed by atoms with E-state index < -0.39 is 6.16 Å². The summed E-state index contributed by atoms with van der Waals surface area (Å²) in [5, 5.41) is 0. The van der Waals surface area contributed by atoms with Crippen molar-refractivity contribution in [3.63, 3.8) is 0 Å². The topological polar surface area (TPSA) is 84.5 Å². The van der Waals surface area contributed by atoms with E-state index in [2.05, 4.69) is 9.72 Å². The highest BCUT2D eigenvalue weighted by Crippen LogP contribution is 2.39. The maximum atomic E-state index is 13.5. The van der Waals surface area contributed by atoms with Crippen LogP contribution < -0.4 is 0 Å². The number of nitrogens with zero attached hydrogens (tertiary/aromatic N) is 2. The summed E-state index contributed by atoms with van der Waals surface area (Å²) >= 11 is 0. The maximum Gasteiger partial charge on any atom is 0.508 e. The first kappa shape index (κ1) is 20.7. The number of aromatic amines is 1. The maximum absolute atomic E-state index is 13.5. The normalized spacial score (nSPS) is 13.5. The van der Waals surface area contributed by atoms with E-state index in [1.54, 1.807) is 11.0 Å². The number of rotatable bonds is 8. The summed E-state index contributed by atoms with van der Waals surface area (Å²) in [6.07, 6.45) is 5.05. The monoisotopic (exact) mass is 419 g/mol. The second-order valence-corrected chi connectivity index (χ2v) is 7.51. The molecule has 7 nitrogen and oxygen atoms in total. The number of carbonyl (C=O) groups excluding carboxylic acids is 2. The largest absolute Gasteiger partial charge is 0.508 e. The van der Waals surface area contributed by atoms with E-state index in [1.165, 1.54) is 7.11 Å². The van der Waals surface area contributed by atoms with Gasteiger partial charge in [-0.1, -0.05) is 42.5 Å². The van der Waals surface area contributed by atoms with Crippen LogP contribution in [0.15, 0.2) is 60.7 Å². The minimum Gasteiger partial charge on any atom is -0.438 e. The zero-order chi connectivity index (χ0) is 21.6. The number of fused-ring (bicyclic) bond motifs is 1. The lowest BCUT2D eigenvalue weighted by Gasteiger charge is -2.21. The minimum absolute atomic E-state index is 0.0831. The molecule has 0 atom stereocenters. The molecule has 1 fully saturated rings. The smallest absolute Gasteiger partial charge is 0.438 e. The van der Waals surface area contributed by atoms with Gasteiger partial charge >= 0.3 is 6.16 Å². The van der Waals surface area contributed by atoms with Crippen LogP contribution in [0.5, 0.6) is 0 Å². The first-order valence-electron chi connectivity index (χ1n) is 10.3. The van der Waals surface area contributed by atoms with Crippen molar-refractivity contribution in [2.45, 2.75) is 25.3 Å². The Morgan fingerprint density at radius 3 is 2.68 bits per heavy atom. The van der Waals surface area contributed by atoms with E-state index in [0.29, 0.717) is 30.1 Å². The number of para-hydroxylation sites is 1. The summed E-state index contributed by atoms with van der Waals surface area (Å²) in [5.74, 6) is 1.35. The summed E-state index contributed by atoms with van der Waals surface area (Å²) in [4.78, 5) is 34.4. The lowest BCUT2D eigenvalue weighted by molar-refractivity contribution is 0.0757. The molecular weight excluding hydrogens is 394 g/mol. The van der Waals surface area contributed by atoms with Gasteiger partial charge in [0.25, 0.3) is 5.91 Å². The van der Waals surface area contributed by atoms with Gasteiger partial charge in [0.2, 0.25) is 0 Å². The van der Waals surface area contributed by atoms with Crippen molar-refractivity contribution < 1.29 is 19.1 Å². The van der Waals surface area contributed by atoms with E-state index in [1.807, 2.05) is 54.6 Å². The number of imidazole rings is 1. The fourth-order valence-corrected chi connectivity index (χ4v) is 3.41. The van der Waals surface area contributed by atoms with Crippen molar-refractivity contribution in [2.24, 2.45) is 0 Å². The van der Waals surface area contributed by atoms with Crippen LogP contribution in [-0.4, -0.2) is 47.2 Å². The molecule has 1 heterocycles. The number of methoxy groups -OCH3 is 1. The van der Waals surface area contributed by atoms with Gasteiger partial charge in [-0.3, -0.25) is 4.79 Å². The number of ether oxygens (including phenoxy) is 2. The number of hydrogen-bond acceptors (Lipinski definition) is 5. The number of amides is 1. The molecule has 160 valence electrons. The van der Waals surface area contributed by atoms with Gasteiger partial charge in [0.05, 0.1) is 18.2 Å². The van der Waals surface area contributed by atoms with Crippen LogP contribution in [-0.2, 0) is 16.0 Å². The molecule has 0 bridgehead atoms. The molecule has 1 aliphatic rings. The highest BCUT2D eigenvalue weighted by atomic mass is 16.7. The van der Waals surface area contributed by atoms with E-state index in [4.69, 9.17) is 9.72 Å². The zero-order valence-corrected chi connectivity index (χ0v) is 17.4. The second-order valence-electron chi connectivity index (χ2n) is 7.51. The molecular formula is C24H25N3O4. The Kier molecular flexibility index (Phi) is 6.31. The van der Waals surface area contributed by atoms with Gasteiger partial charge < -0.3 is 19.4 Å². The first-order chi connectivity index (χ1) is 15.2. The molecule has 1 saturated carbocycles. The quantitative estimate of drug-likeness (QED) is 0.432. The van der Waals surface area contributed by atoms with Crippen molar-refractivity contribution in [1.82, 2.24) is 14.9 Å². The lowest BCUT2D eigenvalue weighted by atomic mass is 10.1. The fraction of sp³-hybridized carbons (Fsp3) is 0.292. The molecule has 0 spiro atoms. The molecule has 3 aromatic rings. The van der Waals surface area contributed by atoms with Crippen LogP contribution in [0, 0.1) is 0 Å². The fourth-order valence-electron chi connectivity index (χ4n) is 3.41. The summed E-state index contributed by atoms with van der Waals surface area (Å²) in [7, 11) is 1.26. The summed E-state index contributed by atoms with van der Waals surface area (Å²) in [6, 6.07) is 15.5. The van der Waals surface area contributed by atoms with Crippen LogP contribution in [0.1, 0.15) is 40.5 Å². The number of hydrogen-bond donors (Lipinski definition) is 1. The van der Waals surface area contributed by atoms with E-state index in [9.17, 15) is 9.59 Å². The lowest BCUT2D eigenvalue weighted by Crippen LogP contribution is -2.31. The van der Waals surface area contributed by atoms with Crippen LogP contribution in [0.4, 0.5) is 4.79 Å². The second kappa shape index (κ2) is 9.47. The number of carbonyl (C=O) groups is 2. The Hall–Kier alpha value is -3.61. The number of aromatic nitrogens is 2. The summed E-state index contributed by atoms with van der Waals surface area (Å²) in [5.41, 5.74) is 3.21. The van der Waals surface area contributed by atoms with Gasteiger partial charge in [0.15, 0.2) is 0 Å². The van der Waals surface area contributed by atoms with E-state index >= 15 is 0 Å². The first-order valence-corrected chi connectivity index (χ1v) is 10.3. The van der Waals surface area contributed by atoms with Crippen LogP contribution in [0.2, 0.25) is 0 Å². The molecule has 7 heteroatoms. The van der Waals surface area contributed by atoms with Crippen LogP contribution in [0.3, 0.4) is 0 Å². The average Bonchev–Trinajstić information content (AvgIpc) is 3.56. The van der Waals surface area contributed by atoms with Crippen molar-refractivity contribution in [3.8, 4) is 0 Å². The van der Waals surface area contributed by atoms with Gasteiger partial charge in [-0.2, -0.15) is 0 Å². The van der Waals surface area contributed by atoms with Crippen molar-refractivity contribution in [1.29, 1.82) is 0 Å².